The molecule has 4 aliphatic rings. The molecule has 130 valence electrons. The molecule has 0 aromatic carbocycles. The second-order valence-electron chi connectivity index (χ2n) is 11.0. The minimum absolute atomic E-state index is 0.509. The van der Waals surface area contributed by atoms with E-state index in [0.717, 1.165) is 47.1 Å². The molecule has 1 nitrogen and oxygen atoms in total. The van der Waals surface area contributed by atoms with Crippen LogP contribution in [0.25, 0.3) is 0 Å². The molecule has 0 aromatic heterocycles. The molecule has 0 unspecified atom stereocenters. The van der Waals surface area contributed by atoms with Crippen molar-refractivity contribution in [3.05, 3.63) is 0 Å². The Bertz CT molecular complexity index is 442. The van der Waals surface area contributed by atoms with E-state index in [9.17, 15) is 0 Å². The molecule has 0 radical (unpaired) electrons. The van der Waals surface area contributed by atoms with E-state index in [2.05, 4.69) is 41.5 Å². The Hall–Kier alpha value is 0.0249. The maximum atomic E-state index is 6.24. The van der Waals surface area contributed by atoms with Crippen molar-refractivity contribution in [2.75, 3.05) is 7.11 Å². The van der Waals surface area contributed by atoms with Crippen LogP contribution in [0.5, 0.6) is 0 Å². The van der Waals surface area contributed by atoms with E-state index >= 15 is 0 Å². The summed E-state index contributed by atoms with van der Waals surface area (Å²) in [6.45, 7) is 15.5. The Morgan fingerprint density at radius 2 is 1.04 bits per heavy atom. The predicted molar refractivity (Wildman–Crippen MR) is 98.6 cm³/mol. The van der Waals surface area contributed by atoms with E-state index in [4.69, 9.17) is 4.65 Å². The standard InChI is InChI=1S/C21H37BO/c1-12-8-14-16(20(14,3)4)10-18(12)22(23-7)19-11-17-15(9-13(19)2)21(17,5)6/h12-19H,8-11H2,1-7H3/t12-,13-,14+,15+,16-,17-,18-,19-/m1/s1. The maximum absolute atomic E-state index is 6.24. The topological polar surface area (TPSA) is 9.23 Å². The van der Waals surface area contributed by atoms with Gasteiger partial charge in [0.1, 0.15) is 0 Å². The van der Waals surface area contributed by atoms with E-state index in [1.54, 1.807) is 0 Å². The monoisotopic (exact) mass is 316 g/mol. The molecule has 0 bridgehead atoms. The van der Waals surface area contributed by atoms with Gasteiger partial charge in [0.2, 0.25) is 0 Å². The van der Waals surface area contributed by atoms with Crippen LogP contribution in [0.3, 0.4) is 0 Å². The highest BCUT2D eigenvalue weighted by Crippen LogP contribution is 2.71. The average Bonchev–Trinajstić information content (AvgIpc) is 3.22. The summed E-state index contributed by atoms with van der Waals surface area (Å²) in [4.78, 5) is 0. The molecule has 23 heavy (non-hydrogen) atoms. The Kier molecular flexibility index (Phi) is 3.60. The highest BCUT2D eigenvalue weighted by atomic mass is 16.4. The van der Waals surface area contributed by atoms with Gasteiger partial charge in [-0.2, -0.15) is 0 Å². The van der Waals surface area contributed by atoms with Gasteiger partial charge in [0.25, 0.3) is 6.92 Å². The molecule has 8 atom stereocenters. The fourth-order valence-electron chi connectivity index (χ4n) is 7.37. The van der Waals surface area contributed by atoms with E-state index in [1.807, 2.05) is 7.11 Å². The molecule has 4 rings (SSSR count). The van der Waals surface area contributed by atoms with Crippen LogP contribution >= 0.6 is 0 Å². The Morgan fingerprint density at radius 1 is 0.696 bits per heavy atom. The normalized spacial score (nSPS) is 52.3. The van der Waals surface area contributed by atoms with Crippen LogP contribution in [-0.2, 0) is 4.65 Å². The van der Waals surface area contributed by atoms with Crippen LogP contribution in [0, 0.1) is 46.3 Å². The highest BCUT2D eigenvalue weighted by Gasteiger charge is 2.65. The Labute approximate surface area is 144 Å². The summed E-state index contributed by atoms with van der Waals surface area (Å²) >= 11 is 0. The van der Waals surface area contributed by atoms with Crippen LogP contribution in [0.2, 0.25) is 11.6 Å². The smallest absolute Gasteiger partial charge is 0.299 e. The summed E-state index contributed by atoms with van der Waals surface area (Å²) in [7, 11) is 2.00. The molecular weight excluding hydrogens is 279 g/mol. The zero-order valence-electron chi connectivity index (χ0n) is 16.4. The van der Waals surface area contributed by atoms with Gasteiger partial charge < -0.3 is 4.65 Å². The first kappa shape index (κ1) is 16.5. The lowest BCUT2D eigenvalue weighted by molar-refractivity contribution is 0.276. The largest absolute Gasteiger partial charge is 0.438 e. The zero-order valence-corrected chi connectivity index (χ0v) is 16.4. The summed E-state index contributed by atoms with van der Waals surface area (Å²) in [5.74, 6) is 7.25. The lowest BCUT2D eigenvalue weighted by Gasteiger charge is -2.39. The third-order valence-electron chi connectivity index (χ3n) is 9.46. The third-order valence-corrected chi connectivity index (χ3v) is 9.46. The van der Waals surface area contributed by atoms with Gasteiger partial charge in [0.05, 0.1) is 0 Å². The zero-order chi connectivity index (χ0) is 16.7. The molecular formula is C21H37BO. The molecule has 4 fully saturated rings. The Morgan fingerprint density at radius 3 is 1.39 bits per heavy atom. The summed E-state index contributed by atoms with van der Waals surface area (Å²) < 4.78 is 6.24. The van der Waals surface area contributed by atoms with Crippen molar-refractivity contribution in [2.45, 2.75) is 78.9 Å². The van der Waals surface area contributed by atoms with Crippen molar-refractivity contribution in [3.63, 3.8) is 0 Å². The number of hydrogen-bond acceptors (Lipinski definition) is 1. The quantitative estimate of drug-likeness (QED) is 0.601. The van der Waals surface area contributed by atoms with Crippen molar-refractivity contribution in [1.82, 2.24) is 0 Å². The molecule has 0 saturated heterocycles. The fourth-order valence-corrected chi connectivity index (χ4v) is 7.37. The fraction of sp³-hybridized carbons (Fsp3) is 1.00. The van der Waals surface area contributed by atoms with Gasteiger partial charge in [-0.15, -0.1) is 0 Å². The molecule has 4 aliphatic carbocycles. The van der Waals surface area contributed by atoms with Crippen LogP contribution in [0.1, 0.15) is 67.2 Å². The SMILES string of the molecule is COB([C@@H]1C[C@@H]2[C@H](C[C@H]1C)C2(C)C)[C@@H]1C[C@@H]2[C@H](C[C@H]1C)C2(C)C. The molecule has 2 heteroatoms. The average molecular weight is 316 g/mol. The summed E-state index contributed by atoms with van der Waals surface area (Å²) in [6, 6.07) is 0. The highest BCUT2D eigenvalue weighted by molar-refractivity contribution is 6.55. The third kappa shape index (κ3) is 2.30. The van der Waals surface area contributed by atoms with Crippen LogP contribution in [0.15, 0.2) is 0 Å². The van der Waals surface area contributed by atoms with Gasteiger partial charge in [0, 0.05) is 7.11 Å². The number of hydrogen-bond donors (Lipinski definition) is 0. The molecule has 0 spiro atoms. The Balaban J connectivity index is 1.50. The summed E-state index contributed by atoms with van der Waals surface area (Å²) in [5.41, 5.74) is 1.23. The van der Waals surface area contributed by atoms with Gasteiger partial charge >= 0.3 is 0 Å². The second-order valence-corrected chi connectivity index (χ2v) is 11.0. The van der Waals surface area contributed by atoms with Crippen molar-refractivity contribution < 1.29 is 4.65 Å². The molecule has 0 heterocycles. The van der Waals surface area contributed by atoms with E-state index in [1.165, 1.54) is 25.7 Å². The van der Waals surface area contributed by atoms with Crippen LogP contribution in [0.4, 0.5) is 0 Å². The number of rotatable bonds is 3. The number of fused-ring (bicyclic) bond motifs is 2. The molecule has 0 amide bonds. The minimum Gasteiger partial charge on any atom is -0.438 e. The van der Waals surface area contributed by atoms with Gasteiger partial charge in [-0.1, -0.05) is 54.4 Å². The van der Waals surface area contributed by atoms with Gasteiger partial charge in [-0.05, 0) is 70.8 Å². The molecule has 0 aliphatic heterocycles. The van der Waals surface area contributed by atoms with Crippen molar-refractivity contribution in [3.8, 4) is 0 Å². The first-order valence-corrected chi connectivity index (χ1v) is 10.2. The second kappa shape index (κ2) is 5.02. The van der Waals surface area contributed by atoms with Gasteiger partial charge in [-0.25, -0.2) is 0 Å². The predicted octanol–water partition coefficient (Wildman–Crippen LogP) is 5.77. The van der Waals surface area contributed by atoms with Crippen molar-refractivity contribution in [2.24, 2.45) is 46.3 Å². The van der Waals surface area contributed by atoms with E-state index < -0.39 is 0 Å². The lowest BCUT2D eigenvalue weighted by Crippen LogP contribution is -2.39. The maximum Gasteiger partial charge on any atom is 0.299 e. The molecule has 0 aromatic rings. The first-order valence-electron chi connectivity index (χ1n) is 10.2. The lowest BCUT2D eigenvalue weighted by atomic mass is 9.38. The van der Waals surface area contributed by atoms with Gasteiger partial charge in [-0.3, -0.25) is 0 Å². The first-order chi connectivity index (χ1) is 10.7. The molecule has 4 saturated carbocycles. The minimum atomic E-state index is 0.509. The molecule has 0 N–H and O–H groups in total. The van der Waals surface area contributed by atoms with E-state index in [-0.39, 0.29) is 0 Å². The summed E-state index contributed by atoms with van der Waals surface area (Å²) in [5, 5.41) is 0. The van der Waals surface area contributed by atoms with Crippen molar-refractivity contribution in [1.29, 1.82) is 0 Å². The summed E-state index contributed by atoms with van der Waals surface area (Å²) in [6.07, 6.45) is 5.75. The van der Waals surface area contributed by atoms with Crippen LogP contribution in [-0.4, -0.2) is 14.0 Å². The van der Waals surface area contributed by atoms with Crippen LogP contribution < -0.4 is 0 Å². The van der Waals surface area contributed by atoms with Crippen molar-refractivity contribution >= 4 is 6.92 Å². The van der Waals surface area contributed by atoms with E-state index in [0.29, 0.717) is 17.7 Å². The van der Waals surface area contributed by atoms with Gasteiger partial charge in [0.15, 0.2) is 0 Å².